The Hall–Kier alpha value is -3.42. The van der Waals surface area contributed by atoms with Gasteiger partial charge in [-0.25, -0.2) is 26.6 Å². The number of nitrogens with zero attached hydrogens (tertiary/aromatic N) is 3. The van der Waals surface area contributed by atoms with Gasteiger partial charge >= 0.3 is 0 Å². The first kappa shape index (κ1) is 25.2. The molecule has 3 heterocycles. The third-order valence-electron chi connectivity index (χ3n) is 5.83. The van der Waals surface area contributed by atoms with E-state index in [9.17, 15) is 21.6 Å². The first-order valence-corrected chi connectivity index (χ1v) is 13.0. The van der Waals surface area contributed by atoms with Crippen molar-refractivity contribution >= 4 is 38.3 Å². The molecule has 194 valence electrons. The number of hydrogen-bond donors (Lipinski definition) is 3. The molecule has 0 amide bonds. The predicted molar refractivity (Wildman–Crippen MR) is 131 cm³/mol. The normalized spacial score (nSPS) is 18.2. The average molecular weight is 553 g/mol. The van der Waals surface area contributed by atoms with Gasteiger partial charge in [0, 0.05) is 12.1 Å². The second kappa shape index (κ2) is 9.80. The lowest BCUT2D eigenvalue weighted by Crippen LogP contribution is -2.44. The van der Waals surface area contributed by atoms with Crippen molar-refractivity contribution in [2.75, 3.05) is 17.8 Å². The van der Waals surface area contributed by atoms with Crippen LogP contribution in [0.4, 0.5) is 18.9 Å². The highest BCUT2D eigenvalue weighted by molar-refractivity contribution is 7.92. The van der Waals surface area contributed by atoms with Crippen LogP contribution in [0.3, 0.4) is 0 Å². The molecule has 0 unspecified atom stereocenters. The number of piperidine rings is 1. The van der Waals surface area contributed by atoms with Crippen LogP contribution in [0.5, 0.6) is 5.88 Å². The number of rotatable bonds is 6. The molecule has 14 heteroatoms. The molecular weight excluding hydrogens is 533 g/mol. The highest BCUT2D eigenvalue weighted by atomic mass is 35.5. The van der Waals surface area contributed by atoms with E-state index in [2.05, 4.69) is 30.2 Å². The van der Waals surface area contributed by atoms with E-state index in [1.807, 2.05) is 0 Å². The molecule has 1 saturated heterocycles. The van der Waals surface area contributed by atoms with Gasteiger partial charge in [0.2, 0.25) is 5.88 Å². The first-order valence-electron chi connectivity index (χ1n) is 11.1. The van der Waals surface area contributed by atoms with Crippen molar-refractivity contribution in [1.29, 1.82) is 0 Å². The molecule has 0 aliphatic carbocycles. The van der Waals surface area contributed by atoms with E-state index in [1.54, 1.807) is 6.92 Å². The zero-order valence-corrected chi connectivity index (χ0v) is 20.8. The van der Waals surface area contributed by atoms with Gasteiger partial charge in [-0.1, -0.05) is 11.6 Å². The molecule has 2 aromatic carbocycles. The molecule has 1 fully saturated rings. The number of H-pyrrole nitrogens is 1. The third kappa shape index (κ3) is 5.06. The maximum atomic E-state index is 14.4. The fourth-order valence-electron chi connectivity index (χ4n) is 3.95. The molecule has 1 aliphatic rings. The topological polar surface area (TPSA) is 122 Å². The molecule has 2 aromatic heterocycles. The van der Waals surface area contributed by atoms with Crippen molar-refractivity contribution < 1.29 is 26.3 Å². The second-order valence-electron chi connectivity index (χ2n) is 8.42. The number of sulfonamides is 1. The highest BCUT2D eigenvalue weighted by Gasteiger charge is 2.28. The van der Waals surface area contributed by atoms with Crippen LogP contribution < -0.4 is 14.8 Å². The monoisotopic (exact) mass is 552 g/mol. The Morgan fingerprint density at radius 1 is 1.16 bits per heavy atom. The Morgan fingerprint density at radius 3 is 2.73 bits per heavy atom. The molecule has 0 bridgehead atoms. The Bertz CT molecular complexity index is 1600. The number of aromatic nitrogens is 4. The molecule has 0 radical (unpaired) electrons. The number of nitrogens with one attached hydrogen (secondary N) is 3. The Morgan fingerprint density at radius 2 is 1.97 bits per heavy atom. The number of aryl methyl sites for hydroxylation is 1. The summed E-state index contributed by atoms with van der Waals surface area (Å²) >= 11 is 6.32. The van der Waals surface area contributed by atoms with Crippen molar-refractivity contribution in [3.8, 4) is 17.3 Å². The molecule has 9 nitrogen and oxygen atoms in total. The van der Waals surface area contributed by atoms with E-state index in [0.717, 1.165) is 6.07 Å². The van der Waals surface area contributed by atoms with Crippen LogP contribution in [0, 0.1) is 18.6 Å². The lowest BCUT2D eigenvalue weighted by molar-refractivity contribution is 0.0707. The molecule has 2 atom stereocenters. The van der Waals surface area contributed by atoms with E-state index in [0.29, 0.717) is 47.4 Å². The Balaban J connectivity index is 1.48. The molecule has 0 saturated carbocycles. The number of benzene rings is 2. The van der Waals surface area contributed by atoms with Crippen molar-refractivity contribution in [2.45, 2.75) is 30.5 Å². The largest absolute Gasteiger partial charge is 0.471 e. The van der Waals surface area contributed by atoms with Gasteiger partial charge in [-0.3, -0.25) is 9.82 Å². The van der Waals surface area contributed by atoms with Crippen LogP contribution in [-0.2, 0) is 10.0 Å². The van der Waals surface area contributed by atoms with Crippen molar-refractivity contribution in [3.63, 3.8) is 0 Å². The predicted octanol–water partition coefficient (Wildman–Crippen LogP) is 4.14. The summed E-state index contributed by atoms with van der Waals surface area (Å²) in [6.07, 6.45) is -1.48. The van der Waals surface area contributed by atoms with E-state index >= 15 is 0 Å². The maximum absolute atomic E-state index is 14.4. The van der Waals surface area contributed by atoms with Crippen molar-refractivity contribution in [1.82, 2.24) is 25.5 Å². The van der Waals surface area contributed by atoms with E-state index < -0.39 is 38.8 Å². The number of halogens is 4. The lowest BCUT2D eigenvalue weighted by atomic mass is 10.1. The third-order valence-corrected chi connectivity index (χ3v) is 7.53. The summed E-state index contributed by atoms with van der Waals surface area (Å²) in [7, 11) is -4.48. The number of fused-ring (bicyclic) bond motifs is 1. The second-order valence-corrected chi connectivity index (χ2v) is 10.5. The minimum Gasteiger partial charge on any atom is -0.471 e. The van der Waals surface area contributed by atoms with E-state index in [1.165, 1.54) is 18.2 Å². The molecule has 4 aromatic rings. The van der Waals surface area contributed by atoms with Crippen LogP contribution in [-0.4, -0.2) is 53.9 Å². The van der Waals surface area contributed by atoms with Gasteiger partial charge in [0.25, 0.3) is 10.0 Å². The van der Waals surface area contributed by atoms with Gasteiger partial charge in [0.15, 0.2) is 11.5 Å². The highest BCUT2D eigenvalue weighted by Crippen LogP contribution is 2.33. The molecule has 5 rings (SSSR count). The zero-order valence-electron chi connectivity index (χ0n) is 19.2. The molecule has 1 aliphatic heterocycles. The van der Waals surface area contributed by atoms with Crippen LogP contribution in [0.2, 0.25) is 5.02 Å². The van der Waals surface area contributed by atoms with E-state index in [-0.39, 0.29) is 29.0 Å². The summed E-state index contributed by atoms with van der Waals surface area (Å²) in [5.74, 6) is -1.70. The summed E-state index contributed by atoms with van der Waals surface area (Å²) in [5.41, 5.74) is 1.27. The van der Waals surface area contributed by atoms with Crippen LogP contribution in [0.15, 0.2) is 41.3 Å². The van der Waals surface area contributed by atoms with Gasteiger partial charge in [0.1, 0.15) is 34.2 Å². The Kier molecular flexibility index (Phi) is 6.68. The summed E-state index contributed by atoms with van der Waals surface area (Å²) in [6, 6.07) is 6.32. The molecule has 37 heavy (non-hydrogen) atoms. The number of anilines is 1. The smallest absolute Gasteiger partial charge is 0.264 e. The summed E-state index contributed by atoms with van der Waals surface area (Å²) < 4.78 is 75.3. The Labute approximate surface area is 214 Å². The van der Waals surface area contributed by atoms with Gasteiger partial charge < -0.3 is 10.1 Å². The first-order chi connectivity index (χ1) is 17.6. The molecular formula is C23H20ClF3N6O3S. The quantitative estimate of drug-likeness (QED) is 0.329. The van der Waals surface area contributed by atoms with E-state index in [4.69, 9.17) is 16.3 Å². The standard InChI is InChI=1S/C23H20ClF3N6O3S/c1-11-20-22(32-31-11)29-21(30-23(20)36-18-6-7-28-10-16(18)27)12-2-5-17(14(24)8-12)33-37(34,35)19-9-13(25)3-4-15(19)26/h2-5,8-9,16,18,28,33H,6-7,10H2,1H3,(H,29,30,31,32)/t16-,18+/m0/s1. The number of aromatic amines is 1. The lowest BCUT2D eigenvalue weighted by Gasteiger charge is -2.27. The molecule has 0 spiro atoms. The van der Waals surface area contributed by atoms with Gasteiger partial charge in [-0.2, -0.15) is 10.1 Å². The van der Waals surface area contributed by atoms with Crippen LogP contribution >= 0.6 is 11.6 Å². The SMILES string of the molecule is Cc1n[nH]c2nc(-c3ccc(NS(=O)(=O)c4cc(F)ccc4F)c(Cl)c3)nc(O[C@@H]3CCNC[C@@H]3F)c12. The minimum atomic E-state index is -4.48. The minimum absolute atomic E-state index is 0.0491. The van der Waals surface area contributed by atoms with Crippen LogP contribution in [0.1, 0.15) is 12.1 Å². The number of alkyl halides is 1. The summed E-state index contributed by atoms with van der Waals surface area (Å²) in [4.78, 5) is 8.07. The van der Waals surface area contributed by atoms with Gasteiger partial charge in [-0.05, 0) is 56.3 Å². The van der Waals surface area contributed by atoms with Gasteiger partial charge in [0.05, 0.1) is 16.4 Å². The van der Waals surface area contributed by atoms with Crippen molar-refractivity contribution in [2.24, 2.45) is 0 Å². The van der Waals surface area contributed by atoms with Crippen molar-refractivity contribution in [3.05, 3.63) is 58.7 Å². The van der Waals surface area contributed by atoms with Gasteiger partial charge in [-0.15, -0.1) is 0 Å². The zero-order chi connectivity index (χ0) is 26.3. The van der Waals surface area contributed by atoms with Crippen LogP contribution in [0.25, 0.3) is 22.4 Å². The number of ether oxygens (including phenoxy) is 1. The fraction of sp³-hybridized carbons (Fsp3) is 0.261. The number of hydrogen-bond acceptors (Lipinski definition) is 7. The maximum Gasteiger partial charge on any atom is 0.264 e. The summed E-state index contributed by atoms with van der Waals surface area (Å²) in [5, 5.41) is 10.4. The average Bonchev–Trinajstić information content (AvgIpc) is 3.24. The summed E-state index contributed by atoms with van der Waals surface area (Å²) in [6.45, 7) is 2.51. The molecule has 3 N–H and O–H groups in total. The fourth-order valence-corrected chi connectivity index (χ4v) is 5.40.